The highest BCUT2D eigenvalue weighted by molar-refractivity contribution is 5.94. The number of aryl methyl sites for hydroxylation is 1. The second-order valence-corrected chi connectivity index (χ2v) is 3.47. The van der Waals surface area contributed by atoms with Crippen molar-refractivity contribution < 1.29 is 13.7 Å². The lowest BCUT2D eigenvalue weighted by atomic mass is 10.2. The molecule has 0 saturated heterocycles. The number of hydrogen-bond donors (Lipinski definition) is 1. The van der Waals surface area contributed by atoms with Gasteiger partial charge in [0.25, 0.3) is 5.91 Å². The van der Waals surface area contributed by atoms with Gasteiger partial charge in [0.05, 0.1) is 18.3 Å². The van der Waals surface area contributed by atoms with Crippen LogP contribution in [0.3, 0.4) is 0 Å². The van der Waals surface area contributed by atoms with Gasteiger partial charge in [0.15, 0.2) is 5.82 Å². The number of halogens is 1. The van der Waals surface area contributed by atoms with Gasteiger partial charge in [0.1, 0.15) is 11.5 Å². The monoisotopic (exact) mass is 235 g/mol. The van der Waals surface area contributed by atoms with Gasteiger partial charge in [0.2, 0.25) is 0 Å². The van der Waals surface area contributed by atoms with Crippen molar-refractivity contribution in [3.8, 4) is 0 Å². The summed E-state index contributed by atoms with van der Waals surface area (Å²) in [5.74, 6) is -0.503. The molecule has 88 valence electrons. The molecule has 2 aromatic heterocycles. The smallest absolute Gasteiger partial charge is 0.254 e. The van der Waals surface area contributed by atoms with Gasteiger partial charge in [-0.25, -0.2) is 4.39 Å². The van der Waals surface area contributed by atoms with Crippen molar-refractivity contribution in [3.05, 3.63) is 47.4 Å². The SMILES string of the molecule is Cc1cc(CNC(=O)c2ccncc2F)no1. The molecule has 1 N–H and O–H groups in total. The summed E-state index contributed by atoms with van der Waals surface area (Å²) >= 11 is 0. The van der Waals surface area contributed by atoms with Crippen molar-refractivity contribution in [1.29, 1.82) is 0 Å². The number of amides is 1. The first-order valence-electron chi connectivity index (χ1n) is 4.96. The number of aromatic nitrogens is 2. The minimum Gasteiger partial charge on any atom is -0.361 e. The molecule has 5 nitrogen and oxygen atoms in total. The summed E-state index contributed by atoms with van der Waals surface area (Å²) in [5.41, 5.74) is 0.547. The molecule has 6 heteroatoms. The van der Waals surface area contributed by atoms with E-state index in [-0.39, 0.29) is 12.1 Å². The van der Waals surface area contributed by atoms with Gasteiger partial charge in [-0.3, -0.25) is 9.78 Å². The Bertz CT molecular complexity index is 539. The molecule has 0 aliphatic carbocycles. The summed E-state index contributed by atoms with van der Waals surface area (Å²) in [6.45, 7) is 1.94. The van der Waals surface area contributed by atoms with E-state index in [1.807, 2.05) is 0 Å². The van der Waals surface area contributed by atoms with Gasteiger partial charge in [-0.1, -0.05) is 5.16 Å². The lowest BCUT2D eigenvalue weighted by Crippen LogP contribution is -2.24. The molecule has 17 heavy (non-hydrogen) atoms. The quantitative estimate of drug-likeness (QED) is 0.874. The highest BCUT2D eigenvalue weighted by atomic mass is 19.1. The van der Waals surface area contributed by atoms with Crippen LogP contribution in [-0.2, 0) is 6.54 Å². The molecule has 0 radical (unpaired) electrons. The average Bonchev–Trinajstić information content (AvgIpc) is 2.73. The second kappa shape index (κ2) is 4.73. The fourth-order valence-electron chi connectivity index (χ4n) is 1.33. The van der Waals surface area contributed by atoms with Crippen molar-refractivity contribution in [2.75, 3.05) is 0 Å². The molecular weight excluding hydrogens is 225 g/mol. The van der Waals surface area contributed by atoms with Crippen LogP contribution in [0.2, 0.25) is 0 Å². The van der Waals surface area contributed by atoms with E-state index in [0.29, 0.717) is 11.5 Å². The summed E-state index contributed by atoms with van der Waals surface area (Å²) in [7, 11) is 0. The van der Waals surface area contributed by atoms with E-state index in [1.165, 1.54) is 12.3 Å². The Labute approximate surface area is 96.6 Å². The molecule has 0 aliphatic heterocycles. The maximum Gasteiger partial charge on any atom is 0.254 e. The molecule has 2 aromatic rings. The van der Waals surface area contributed by atoms with Crippen molar-refractivity contribution >= 4 is 5.91 Å². The third kappa shape index (κ3) is 2.66. The molecule has 0 spiro atoms. The lowest BCUT2D eigenvalue weighted by molar-refractivity contribution is 0.0946. The van der Waals surface area contributed by atoms with Gasteiger partial charge in [0, 0.05) is 12.3 Å². The second-order valence-electron chi connectivity index (χ2n) is 3.47. The highest BCUT2D eigenvalue weighted by Gasteiger charge is 2.11. The number of hydrogen-bond acceptors (Lipinski definition) is 4. The Morgan fingerprint density at radius 3 is 3.06 bits per heavy atom. The summed E-state index contributed by atoms with van der Waals surface area (Å²) in [6, 6.07) is 3.02. The Morgan fingerprint density at radius 1 is 1.59 bits per heavy atom. The van der Waals surface area contributed by atoms with E-state index < -0.39 is 11.7 Å². The van der Waals surface area contributed by atoms with Crippen LogP contribution in [0.5, 0.6) is 0 Å². The molecule has 2 rings (SSSR count). The van der Waals surface area contributed by atoms with Gasteiger partial charge in [-0.15, -0.1) is 0 Å². The molecule has 0 aliphatic rings. The molecule has 1 amide bonds. The van der Waals surface area contributed by atoms with Gasteiger partial charge in [-0.2, -0.15) is 0 Å². The van der Waals surface area contributed by atoms with Gasteiger partial charge < -0.3 is 9.84 Å². The van der Waals surface area contributed by atoms with E-state index >= 15 is 0 Å². The minimum atomic E-state index is -0.652. The first kappa shape index (κ1) is 11.3. The molecule has 0 saturated carbocycles. The fraction of sp³-hybridized carbons (Fsp3) is 0.182. The van der Waals surface area contributed by atoms with Crippen LogP contribution in [0, 0.1) is 12.7 Å². The van der Waals surface area contributed by atoms with Crippen LogP contribution >= 0.6 is 0 Å². The molecule has 2 heterocycles. The van der Waals surface area contributed by atoms with Crippen LogP contribution in [0.15, 0.2) is 29.0 Å². The summed E-state index contributed by atoms with van der Waals surface area (Å²) < 4.78 is 18.1. The summed E-state index contributed by atoms with van der Waals surface area (Å²) in [4.78, 5) is 15.2. The van der Waals surface area contributed by atoms with Crippen LogP contribution < -0.4 is 5.32 Å². The predicted octanol–water partition coefficient (Wildman–Crippen LogP) is 1.45. The van der Waals surface area contributed by atoms with E-state index in [9.17, 15) is 9.18 Å². The van der Waals surface area contributed by atoms with Crippen LogP contribution in [0.1, 0.15) is 21.8 Å². The molecule has 0 aromatic carbocycles. The van der Waals surface area contributed by atoms with Gasteiger partial charge >= 0.3 is 0 Å². The maximum atomic E-state index is 13.2. The molecule has 0 bridgehead atoms. The lowest BCUT2D eigenvalue weighted by Gasteiger charge is -2.03. The molecule has 0 unspecified atom stereocenters. The zero-order valence-corrected chi connectivity index (χ0v) is 9.11. The van der Waals surface area contributed by atoms with Crippen molar-refractivity contribution in [1.82, 2.24) is 15.5 Å². The number of carbonyl (C=O) groups is 1. The van der Waals surface area contributed by atoms with Crippen molar-refractivity contribution in [2.45, 2.75) is 13.5 Å². The number of pyridine rings is 1. The normalized spacial score (nSPS) is 10.2. The van der Waals surface area contributed by atoms with E-state index in [0.717, 1.165) is 6.20 Å². The molecule has 0 fully saturated rings. The van der Waals surface area contributed by atoms with E-state index in [4.69, 9.17) is 4.52 Å². The van der Waals surface area contributed by atoms with Crippen LogP contribution in [0.4, 0.5) is 4.39 Å². The number of nitrogens with zero attached hydrogens (tertiary/aromatic N) is 2. The number of nitrogens with one attached hydrogen (secondary N) is 1. The largest absolute Gasteiger partial charge is 0.361 e. The average molecular weight is 235 g/mol. The fourth-order valence-corrected chi connectivity index (χ4v) is 1.33. The zero-order chi connectivity index (χ0) is 12.3. The number of rotatable bonds is 3. The minimum absolute atomic E-state index is 0.0415. The van der Waals surface area contributed by atoms with Crippen molar-refractivity contribution in [2.24, 2.45) is 0 Å². The zero-order valence-electron chi connectivity index (χ0n) is 9.11. The maximum absolute atomic E-state index is 13.2. The van der Waals surface area contributed by atoms with Crippen LogP contribution in [-0.4, -0.2) is 16.0 Å². The summed E-state index contributed by atoms with van der Waals surface area (Å²) in [5, 5.41) is 6.25. The third-order valence-electron chi connectivity index (χ3n) is 2.12. The topological polar surface area (TPSA) is 68.0 Å². The van der Waals surface area contributed by atoms with Crippen LogP contribution in [0.25, 0.3) is 0 Å². The predicted molar refractivity (Wildman–Crippen MR) is 56.6 cm³/mol. The first-order valence-corrected chi connectivity index (χ1v) is 4.96. The van der Waals surface area contributed by atoms with Crippen molar-refractivity contribution in [3.63, 3.8) is 0 Å². The molecule has 0 atom stereocenters. The molecular formula is C11H10FN3O2. The Kier molecular flexibility index (Phi) is 3.13. The Morgan fingerprint density at radius 2 is 2.41 bits per heavy atom. The highest BCUT2D eigenvalue weighted by Crippen LogP contribution is 2.05. The third-order valence-corrected chi connectivity index (χ3v) is 2.12. The standard InChI is InChI=1S/C11H10FN3O2/c1-7-4-8(15-17-7)5-14-11(16)9-2-3-13-6-10(9)12/h2-4,6H,5H2,1H3,(H,14,16). The first-order chi connectivity index (χ1) is 8.16. The summed E-state index contributed by atoms with van der Waals surface area (Å²) in [6.07, 6.45) is 2.35. The number of carbonyl (C=O) groups excluding carboxylic acids is 1. The Hall–Kier alpha value is -2.24. The Balaban J connectivity index is 2.01. The van der Waals surface area contributed by atoms with E-state index in [1.54, 1.807) is 13.0 Å². The van der Waals surface area contributed by atoms with Gasteiger partial charge in [-0.05, 0) is 13.0 Å². The van der Waals surface area contributed by atoms with E-state index in [2.05, 4.69) is 15.5 Å².